The molecule has 3 rings (SSSR count). The van der Waals surface area contributed by atoms with E-state index in [2.05, 4.69) is 4.98 Å². The summed E-state index contributed by atoms with van der Waals surface area (Å²) in [5, 5.41) is 0. The quantitative estimate of drug-likeness (QED) is 0.616. The van der Waals surface area contributed by atoms with Gasteiger partial charge >= 0.3 is 6.18 Å². The summed E-state index contributed by atoms with van der Waals surface area (Å²) in [6.07, 6.45) is -3.19. The summed E-state index contributed by atoms with van der Waals surface area (Å²) in [5.41, 5.74) is 11.9. The van der Waals surface area contributed by atoms with E-state index in [9.17, 15) is 18.0 Å². The van der Waals surface area contributed by atoms with Crippen LogP contribution in [0.3, 0.4) is 0 Å². The summed E-state index contributed by atoms with van der Waals surface area (Å²) in [6.45, 7) is 3.74. The van der Waals surface area contributed by atoms with Crippen molar-refractivity contribution in [2.75, 3.05) is 10.6 Å². The fourth-order valence-corrected chi connectivity index (χ4v) is 3.39. The first-order valence-corrected chi connectivity index (χ1v) is 9.21. The average molecular weight is 414 g/mol. The zero-order valence-electron chi connectivity index (χ0n) is 16.4. The molecule has 0 radical (unpaired) electrons. The largest absolute Gasteiger partial charge is 0.417 e. The van der Waals surface area contributed by atoms with Crippen molar-refractivity contribution in [3.63, 3.8) is 0 Å². The molecule has 0 saturated carbocycles. The van der Waals surface area contributed by atoms with Crippen LogP contribution in [0.5, 0.6) is 0 Å². The lowest BCUT2D eigenvalue weighted by molar-refractivity contribution is -0.137. The van der Waals surface area contributed by atoms with E-state index in [4.69, 9.17) is 11.5 Å². The fourth-order valence-electron chi connectivity index (χ4n) is 3.39. The summed E-state index contributed by atoms with van der Waals surface area (Å²) in [6, 6.07) is 13.2. The molecule has 3 aromatic rings. The Morgan fingerprint density at radius 2 is 1.73 bits per heavy atom. The van der Waals surface area contributed by atoms with Crippen molar-refractivity contribution in [3.8, 4) is 11.1 Å². The molecular formula is C22H21F3N4O. The summed E-state index contributed by atoms with van der Waals surface area (Å²) >= 11 is 0. The molecule has 0 saturated heterocycles. The number of anilines is 3. The number of primary amides is 1. The van der Waals surface area contributed by atoms with Gasteiger partial charge in [-0.1, -0.05) is 6.07 Å². The summed E-state index contributed by atoms with van der Waals surface area (Å²) in [4.78, 5) is 17.0. The Balaban J connectivity index is 2.28. The monoisotopic (exact) mass is 414 g/mol. The van der Waals surface area contributed by atoms with Crippen LogP contribution in [0.4, 0.5) is 30.4 Å². The number of halogens is 3. The van der Waals surface area contributed by atoms with Gasteiger partial charge in [0.2, 0.25) is 5.91 Å². The molecule has 30 heavy (non-hydrogen) atoms. The minimum atomic E-state index is -4.57. The second-order valence-electron chi connectivity index (χ2n) is 7.04. The van der Waals surface area contributed by atoms with E-state index in [1.54, 1.807) is 35.2 Å². The minimum absolute atomic E-state index is 0.00628. The first kappa shape index (κ1) is 21.2. The van der Waals surface area contributed by atoms with Crippen molar-refractivity contribution in [3.05, 3.63) is 71.9 Å². The number of carbonyl (C=O) groups excluding carboxylic acids is 1. The zero-order valence-corrected chi connectivity index (χ0v) is 16.4. The van der Waals surface area contributed by atoms with Crippen LogP contribution in [0.15, 0.2) is 60.8 Å². The van der Waals surface area contributed by atoms with Gasteiger partial charge in [0.25, 0.3) is 0 Å². The highest BCUT2D eigenvalue weighted by Crippen LogP contribution is 2.44. The number of amides is 1. The van der Waals surface area contributed by atoms with Gasteiger partial charge in [-0.15, -0.1) is 0 Å². The van der Waals surface area contributed by atoms with Crippen molar-refractivity contribution >= 4 is 23.1 Å². The second-order valence-corrected chi connectivity index (χ2v) is 7.04. The van der Waals surface area contributed by atoms with Gasteiger partial charge in [-0.25, -0.2) is 4.98 Å². The Morgan fingerprint density at radius 1 is 1.07 bits per heavy atom. The van der Waals surface area contributed by atoms with E-state index >= 15 is 0 Å². The smallest absolute Gasteiger partial charge is 0.384 e. The van der Waals surface area contributed by atoms with E-state index in [0.717, 1.165) is 6.07 Å². The standard InChI is InChI=1S/C22H21F3N4O/c1-13(2)29(16-8-6-14(7-9-16)21(27)30)18-5-3-4-17(22(23,24)25)20(18)15-10-11-28-19(26)12-15/h3-13H,1-2H3,(H2,26,28)(H2,27,30). The van der Waals surface area contributed by atoms with Crippen LogP contribution in [0, 0.1) is 0 Å². The van der Waals surface area contributed by atoms with Crippen molar-refractivity contribution in [1.29, 1.82) is 0 Å². The maximum absolute atomic E-state index is 13.9. The van der Waals surface area contributed by atoms with Crippen LogP contribution in [0.2, 0.25) is 0 Å². The van der Waals surface area contributed by atoms with Crippen LogP contribution in [-0.2, 0) is 6.18 Å². The zero-order chi connectivity index (χ0) is 22.1. The topological polar surface area (TPSA) is 85.2 Å². The first-order valence-electron chi connectivity index (χ1n) is 9.21. The maximum Gasteiger partial charge on any atom is 0.417 e. The molecule has 0 atom stereocenters. The molecule has 5 nitrogen and oxygen atoms in total. The number of hydrogen-bond acceptors (Lipinski definition) is 4. The molecule has 4 N–H and O–H groups in total. The fraction of sp³-hybridized carbons (Fsp3) is 0.182. The normalized spacial score (nSPS) is 11.5. The Labute approximate surface area is 172 Å². The van der Waals surface area contributed by atoms with Gasteiger partial charge in [0.15, 0.2) is 0 Å². The number of hydrogen-bond donors (Lipinski definition) is 2. The van der Waals surface area contributed by atoms with Crippen molar-refractivity contribution in [1.82, 2.24) is 4.98 Å². The van der Waals surface area contributed by atoms with E-state index < -0.39 is 17.6 Å². The molecule has 1 heterocycles. The molecule has 0 spiro atoms. The highest BCUT2D eigenvalue weighted by Gasteiger charge is 2.36. The van der Waals surface area contributed by atoms with Gasteiger partial charge in [-0.05, 0) is 67.9 Å². The molecule has 0 bridgehead atoms. The predicted octanol–water partition coefficient (Wildman–Crippen LogP) is 5.00. The SMILES string of the molecule is CC(C)N(c1ccc(C(N)=O)cc1)c1cccc(C(F)(F)F)c1-c1ccnc(N)c1. The third-order valence-electron chi connectivity index (χ3n) is 4.62. The Bertz CT molecular complexity index is 1060. The van der Waals surface area contributed by atoms with Gasteiger partial charge in [-0.3, -0.25) is 4.79 Å². The summed E-state index contributed by atoms with van der Waals surface area (Å²) in [5.74, 6) is -0.456. The molecule has 2 aromatic carbocycles. The van der Waals surface area contributed by atoms with Crippen LogP contribution < -0.4 is 16.4 Å². The number of nitrogen functional groups attached to an aromatic ring is 1. The molecule has 0 fully saturated rings. The number of aromatic nitrogens is 1. The van der Waals surface area contributed by atoms with Crippen molar-refractivity contribution in [2.45, 2.75) is 26.1 Å². The maximum atomic E-state index is 13.9. The van der Waals surface area contributed by atoms with E-state index in [1.165, 1.54) is 24.4 Å². The lowest BCUT2D eigenvalue weighted by Gasteiger charge is -2.32. The highest BCUT2D eigenvalue weighted by atomic mass is 19.4. The third kappa shape index (κ3) is 4.22. The lowest BCUT2D eigenvalue weighted by Crippen LogP contribution is -2.27. The first-order chi connectivity index (χ1) is 14.1. The van der Waals surface area contributed by atoms with Gasteiger partial charge in [0, 0.05) is 34.7 Å². The van der Waals surface area contributed by atoms with Gasteiger partial charge < -0.3 is 16.4 Å². The highest BCUT2D eigenvalue weighted by molar-refractivity contribution is 5.93. The molecule has 8 heteroatoms. The van der Waals surface area contributed by atoms with Crippen molar-refractivity contribution < 1.29 is 18.0 Å². The van der Waals surface area contributed by atoms with E-state index in [0.29, 0.717) is 22.5 Å². The Kier molecular flexibility index (Phi) is 5.69. The Morgan fingerprint density at radius 3 is 2.27 bits per heavy atom. The molecule has 0 unspecified atom stereocenters. The summed E-state index contributed by atoms with van der Waals surface area (Å²) < 4.78 is 41.7. The molecule has 0 aliphatic carbocycles. The minimum Gasteiger partial charge on any atom is -0.384 e. The van der Waals surface area contributed by atoms with Crippen LogP contribution in [0.25, 0.3) is 11.1 Å². The molecule has 0 aliphatic heterocycles. The molecule has 0 aliphatic rings. The number of nitrogens with two attached hydrogens (primary N) is 2. The van der Waals surface area contributed by atoms with Gasteiger partial charge in [-0.2, -0.15) is 13.2 Å². The predicted molar refractivity (Wildman–Crippen MR) is 111 cm³/mol. The van der Waals surface area contributed by atoms with Gasteiger partial charge in [0.05, 0.1) is 5.56 Å². The molecular weight excluding hydrogens is 393 g/mol. The molecule has 156 valence electrons. The van der Waals surface area contributed by atoms with E-state index in [1.807, 2.05) is 13.8 Å². The Hall–Kier alpha value is -3.55. The molecule has 1 amide bonds. The number of alkyl halides is 3. The summed E-state index contributed by atoms with van der Waals surface area (Å²) in [7, 11) is 0. The van der Waals surface area contributed by atoms with Crippen molar-refractivity contribution in [2.24, 2.45) is 5.73 Å². The van der Waals surface area contributed by atoms with Crippen LogP contribution in [-0.4, -0.2) is 16.9 Å². The number of pyridine rings is 1. The number of rotatable bonds is 5. The molecule has 1 aromatic heterocycles. The number of benzene rings is 2. The van der Waals surface area contributed by atoms with Crippen LogP contribution >= 0.6 is 0 Å². The van der Waals surface area contributed by atoms with E-state index in [-0.39, 0.29) is 17.4 Å². The average Bonchev–Trinajstić information content (AvgIpc) is 2.67. The second kappa shape index (κ2) is 8.06. The number of carbonyl (C=O) groups is 1. The third-order valence-corrected chi connectivity index (χ3v) is 4.62. The number of nitrogens with zero attached hydrogens (tertiary/aromatic N) is 2. The lowest BCUT2D eigenvalue weighted by atomic mass is 9.96. The van der Waals surface area contributed by atoms with Crippen LogP contribution in [0.1, 0.15) is 29.8 Å². The van der Waals surface area contributed by atoms with Gasteiger partial charge in [0.1, 0.15) is 5.82 Å².